The van der Waals surface area contributed by atoms with Gasteiger partial charge in [0, 0.05) is 23.9 Å². The Labute approximate surface area is 118 Å². The normalized spacial score (nSPS) is 11.1. The first-order valence-electron chi connectivity index (χ1n) is 5.52. The standard InChI is InChI=1S/C12H8F2N2O4S/c13-8-1-6-12(11(14)7-8)21(19,20)15-9-2-4-10(5-3-9)16(17)18/h1-7,15H. The zero-order valence-corrected chi connectivity index (χ0v) is 11.1. The summed E-state index contributed by atoms with van der Waals surface area (Å²) in [7, 11) is -4.26. The molecule has 0 spiro atoms. The van der Waals surface area contributed by atoms with Gasteiger partial charge in [-0.05, 0) is 24.3 Å². The number of benzene rings is 2. The van der Waals surface area contributed by atoms with Crippen molar-refractivity contribution in [2.24, 2.45) is 0 Å². The first kappa shape index (κ1) is 14.9. The summed E-state index contributed by atoms with van der Waals surface area (Å²) >= 11 is 0. The number of sulfonamides is 1. The quantitative estimate of drug-likeness (QED) is 0.694. The number of halogens is 2. The Kier molecular flexibility index (Phi) is 3.85. The van der Waals surface area contributed by atoms with Crippen LogP contribution in [0.2, 0.25) is 0 Å². The van der Waals surface area contributed by atoms with Crippen LogP contribution < -0.4 is 4.72 Å². The minimum absolute atomic E-state index is 0.0179. The average molecular weight is 314 g/mol. The van der Waals surface area contributed by atoms with E-state index in [1.54, 1.807) is 0 Å². The van der Waals surface area contributed by atoms with Gasteiger partial charge in [0.2, 0.25) is 0 Å². The third kappa shape index (κ3) is 3.31. The summed E-state index contributed by atoms with van der Waals surface area (Å²) in [5.74, 6) is -2.13. The molecule has 2 aromatic carbocycles. The monoisotopic (exact) mass is 314 g/mol. The highest BCUT2D eigenvalue weighted by Crippen LogP contribution is 2.21. The number of nitro groups is 1. The van der Waals surface area contributed by atoms with Crippen molar-refractivity contribution < 1.29 is 22.1 Å². The molecular formula is C12H8F2N2O4S. The molecule has 2 rings (SSSR count). The molecule has 21 heavy (non-hydrogen) atoms. The Morgan fingerprint density at radius 3 is 2.19 bits per heavy atom. The third-order valence-electron chi connectivity index (χ3n) is 2.51. The lowest BCUT2D eigenvalue weighted by Gasteiger charge is -2.08. The highest BCUT2D eigenvalue weighted by Gasteiger charge is 2.20. The van der Waals surface area contributed by atoms with E-state index in [4.69, 9.17) is 0 Å². The average Bonchev–Trinajstić information content (AvgIpc) is 2.38. The maximum absolute atomic E-state index is 13.5. The summed E-state index contributed by atoms with van der Waals surface area (Å²) in [6.07, 6.45) is 0. The largest absolute Gasteiger partial charge is 0.280 e. The van der Waals surface area contributed by atoms with Crippen LogP contribution in [0.25, 0.3) is 0 Å². The zero-order valence-electron chi connectivity index (χ0n) is 10.3. The number of hydrogen-bond acceptors (Lipinski definition) is 4. The van der Waals surface area contributed by atoms with E-state index in [9.17, 15) is 27.3 Å². The van der Waals surface area contributed by atoms with Gasteiger partial charge in [0.25, 0.3) is 15.7 Å². The van der Waals surface area contributed by atoms with Crippen molar-refractivity contribution in [3.05, 3.63) is 64.2 Å². The van der Waals surface area contributed by atoms with Crippen molar-refractivity contribution in [2.75, 3.05) is 4.72 Å². The summed E-state index contributed by atoms with van der Waals surface area (Å²) in [5.41, 5.74) is -0.199. The van der Waals surface area contributed by atoms with Crippen molar-refractivity contribution in [1.82, 2.24) is 0 Å². The molecule has 0 unspecified atom stereocenters. The Morgan fingerprint density at radius 2 is 1.67 bits per heavy atom. The molecule has 9 heteroatoms. The number of nitrogens with one attached hydrogen (secondary N) is 1. The summed E-state index contributed by atoms with van der Waals surface area (Å²) in [6, 6.07) is 6.57. The highest BCUT2D eigenvalue weighted by atomic mass is 32.2. The van der Waals surface area contributed by atoms with Gasteiger partial charge in [-0.2, -0.15) is 0 Å². The molecule has 0 aromatic heterocycles. The zero-order chi connectivity index (χ0) is 15.6. The number of hydrogen-bond donors (Lipinski definition) is 1. The molecule has 2 aromatic rings. The van der Waals surface area contributed by atoms with Crippen LogP contribution in [0.1, 0.15) is 0 Å². The van der Waals surface area contributed by atoms with E-state index in [1.165, 1.54) is 0 Å². The van der Waals surface area contributed by atoms with Gasteiger partial charge in [-0.25, -0.2) is 17.2 Å². The van der Waals surface area contributed by atoms with Gasteiger partial charge >= 0.3 is 0 Å². The Morgan fingerprint density at radius 1 is 1.05 bits per heavy atom. The molecule has 0 saturated heterocycles. The fourth-order valence-corrected chi connectivity index (χ4v) is 2.67. The van der Waals surface area contributed by atoms with Crippen LogP contribution >= 0.6 is 0 Å². The van der Waals surface area contributed by atoms with Gasteiger partial charge in [0.05, 0.1) is 4.92 Å². The first-order valence-corrected chi connectivity index (χ1v) is 7.00. The van der Waals surface area contributed by atoms with E-state index in [2.05, 4.69) is 0 Å². The number of nitrogens with zero attached hydrogens (tertiary/aromatic N) is 1. The van der Waals surface area contributed by atoms with Crippen LogP contribution in [0.15, 0.2) is 47.4 Å². The highest BCUT2D eigenvalue weighted by molar-refractivity contribution is 7.92. The van der Waals surface area contributed by atoms with Crippen LogP contribution in [0.3, 0.4) is 0 Å². The van der Waals surface area contributed by atoms with Crippen molar-refractivity contribution in [1.29, 1.82) is 0 Å². The van der Waals surface area contributed by atoms with Gasteiger partial charge < -0.3 is 0 Å². The maximum Gasteiger partial charge on any atom is 0.269 e. The molecule has 0 bridgehead atoms. The lowest BCUT2D eigenvalue weighted by molar-refractivity contribution is -0.384. The van der Waals surface area contributed by atoms with Gasteiger partial charge in [-0.3, -0.25) is 14.8 Å². The topological polar surface area (TPSA) is 89.3 Å². The van der Waals surface area contributed by atoms with Crippen molar-refractivity contribution in [3.8, 4) is 0 Å². The number of rotatable bonds is 4. The summed E-state index contributed by atoms with van der Waals surface area (Å²) in [4.78, 5) is 9.12. The van der Waals surface area contributed by atoms with Crippen LogP contribution in [0.4, 0.5) is 20.2 Å². The van der Waals surface area contributed by atoms with Crippen molar-refractivity contribution in [2.45, 2.75) is 4.90 Å². The molecule has 0 aliphatic heterocycles. The Bertz CT molecular complexity index is 791. The lowest BCUT2D eigenvalue weighted by atomic mass is 10.3. The second-order valence-corrected chi connectivity index (χ2v) is 5.64. The molecule has 0 saturated carbocycles. The van der Waals surface area contributed by atoms with Gasteiger partial charge in [-0.1, -0.05) is 0 Å². The maximum atomic E-state index is 13.5. The first-order chi connectivity index (χ1) is 9.79. The molecule has 6 nitrogen and oxygen atoms in total. The third-order valence-corrected chi connectivity index (χ3v) is 3.93. The second kappa shape index (κ2) is 5.44. The number of non-ortho nitro benzene ring substituents is 1. The Balaban J connectivity index is 2.30. The molecule has 110 valence electrons. The smallest absolute Gasteiger partial charge is 0.269 e. The molecule has 0 heterocycles. The van der Waals surface area contributed by atoms with E-state index in [0.29, 0.717) is 6.07 Å². The molecule has 0 aliphatic carbocycles. The van der Waals surface area contributed by atoms with Crippen LogP contribution in [0.5, 0.6) is 0 Å². The molecular weight excluding hydrogens is 306 g/mol. The predicted octanol–water partition coefficient (Wildman–Crippen LogP) is 2.67. The van der Waals surface area contributed by atoms with Gasteiger partial charge in [0.1, 0.15) is 16.5 Å². The van der Waals surface area contributed by atoms with Crippen LogP contribution in [-0.2, 0) is 10.0 Å². The van der Waals surface area contributed by atoms with Crippen LogP contribution in [-0.4, -0.2) is 13.3 Å². The summed E-state index contributed by atoms with van der Waals surface area (Å²) in [5, 5.41) is 10.5. The SMILES string of the molecule is O=[N+]([O-])c1ccc(NS(=O)(=O)c2ccc(F)cc2F)cc1. The van der Waals surface area contributed by atoms with E-state index >= 15 is 0 Å². The van der Waals surface area contributed by atoms with E-state index in [1.807, 2.05) is 4.72 Å². The van der Waals surface area contributed by atoms with Gasteiger partial charge in [-0.15, -0.1) is 0 Å². The molecule has 0 radical (unpaired) electrons. The second-order valence-electron chi connectivity index (χ2n) is 3.98. The molecule has 0 aliphatic rings. The number of nitro benzene ring substituents is 1. The summed E-state index contributed by atoms with van der Waals surface area (Å²) in [6.45, 7) is 0. The molecule has 0 atom stereocenters. The van der Waals surface area contributed by atoms with E-state index < -0.39 is 31.5 Å². The fourth-order valence-electron chi connectivity index (χ4n) is 1.55. The lowest BCUT2D eigenvalue weighted by Crippen LogP contribution is -2.14. The van der Waals surface area contributed by atoms with E-state index in [-0.39, 0.29) is 11.4 Å². The minimum atomic E-state index is -4.26. The molecule has 0 fully saturated rings. The van der Waals surface area contributed by atoms with Crippen molar-refractivity contribution in [3.63, 3.8) is 0 Å². The molecule has 1 N–H and O–H groups in total. The number of anilines is 1. The Hall–Kier alpha value is -2.55. The fraction of sp³-hybridized carbons (Fsp3) is 0. The minimum Gasteiger partial charge on any atom is -0.280 e. The van der Waals surface area contributed by atoms with E-state index in [0.717, 1.165) is 36.4 Å². The van der Waals surface area contributed by atoms with Crippen molar-refractivity contribution >= 4 is 21.4 Å². The summed E-state index contributed by atoms with van der Waals surface area (Å²) < 4.78 is 52.2. The van der Waals surface area contributed by atoms with Crippen LogP contribution in [0, 0.1) is 21.7 Å². The molecule has 0 amide bonds. The predicted molar refractivity (Wildman–Crippen MR) is 70.3 cm³/mol. The van der Waals surface area contributed by atoms with Gasteiger partial charge in [0.15, 0.2) is 0 Å².